The summed E-state index contributed by atoms with van der Waals surface area (Å²) in [5.41, 5.74) is 6.00. The molecule has 0 aliphatic heterocycles. The Hall–Kier alpha value is -0.820. The number of halogens is 1. The normalized spacial score (nSPS) is 13.9. The summed E-state index contributed by atoms with van der Waals surface area (Å²) in [6.45, 7) is 4.55. The highest BCUT2D eigenvalue weighted by molar-refractivity contribution is 7.89. The third-order valence-corrected chi connectivity index (χ3v) is 4.89. The van der Waals surface area contributed by atoms with Gasteiger partial charge in [-0.25, -0.2) is 13.1 Å². The van der Waals surface area contributed by atoms with Crippen LogP contribution < -0.4 is 10.5 Å². The van der Waals surface area contributed by atoms with E-state index in [4.69, 9.17) is 17.3 Å². The maximum Gasteiger partial charge on any atom is 0.242 e. The zero-order valence-corrected chi connectivity index (χ0v) is 13.8. The molecule has 0 heterocycles. The molecule has 0 aliphatic carbocycles. The predicted octanol–water partition coefficient (Wildman–Crippen LogP) is 1.79. The van der Waals surface area contributed by atoms with Crippen LogP contribution in [0, 0.1) is 5.92 Å². The van der Waals surface area contributed by atoms with Gasteiger partial charge in [0.2, 0.25) is 10.0 Å². The van der Waals surface area contributed by atoms with Crippen LogP contribution in [0.1, 0.15) is 13.8 Å². The van der Waals surface area contributed by atoms with Gasteiger partial charge in [0.1, 0.15) is 4.90 Å². The van der Waals surface area contributed by atoms with Gasteiger partial charge in [-0.15, -0.1) is 0 Å². The number of nitrogens with zero attached hydrogens (tertiary/aromatic N) is 1. The largest absolute Gasteiger partial charge is 0.399 e. The average Bonchev–Trinajstić information content (AvgIpc) is 2.30. The second kappa shape index (κ2) is 6.76. The van der Waals surface area contributed by atoms with E-state index in [1.807, 2.05) is 32.8 Å². The molecule has 1 rings (SSSR count). The molecule has 0 aliphatic rings. The zero-order chi connectivity index (χ0) is 15.5. The minimum atomic E-state index is -3.69. The standard InChI is InChI=1S/C13H22ClN3O2S/c1-9(2)12(8-17(3)4)16-20(18,19)13-7-10(15)5-6-11(13)14/h5-7,9,12,16H,8,15H2,1-4H3. The highest BCUT2D eigenvalue weighted by Crippen LogP contribution is 2.24. The van der Waals surface area contributed by atoms with Gasteiger partial charge in [0, 0.05) is 18.3 Å². The monoisotopic (exact) mass is 319 g/mol. The number of rotatable bonds is 6. The fourth-order valence-corrected chi connectivity index (χ4v) is 3.68. The van der Waals surface area contributed by atoms with Crippen LogP contribution in [0.15, 0.2) is 23.1 Å². The van der Waals surface area contributed by atoms with Crippen LogP contribution in [0.3, 0.4) is 0 Å². The molecule has 1 unspecified atom stereocenters. The lowest BCUT2D eigenvalue weighted by Gasteiger charge is -2.25. The summed E-state index contributed by atoms with van der Waals surface area (Å²) in [6, 6.07) is 4.23. The van der Waals surface area contributed by atoms with E-state index in [1.165, 1.54) is 12.1 Å². The summed E-state index contributed by atoms with van der Waals surface area (Å²) in [6.07, 6.45) is 0. The molecule has 5 nitrogen and oxygen atoms in total. The van der Waals surface area contributed by atoms with E-state index in [0.717, 1.165) is 0 Å². The first-order valence-electron chi connectivity index (χ1n) is 6.35. The van der Waals surface area contributed by atoms with Crippen LogP contribution >= 0.6 is 11.6 Å². The summed E-state index contributed by atoms with van der Waals surface area (Å²) in [5, 5.41) is 0.166. The van der Waals surface area contributed by atoms with Gasteiger partial charge in [-0.2, -0.15) is 0 Å². The lowest BCUT2D eigenvalue weighted by molar-refractivity contribution is 0.314. The molecule has 3 N–H and O–H groups in total. The lowest BCUT2D eigenvalue weighted by Crippen LogP contribution is -2.44. The highest BCUT2D eigenvalue weighted by Gasteiger charge is 2.25. The second-order valence-electron chi connectivity index (χ2n) is 5.42. The third kappa shape index (κ3) is 4.63. The Morgan fingerprint density at radius 3 is 2.45 bits per heavy atom. The number of benzene rings is 1. The van der Waals surface area contributed by atoms with Gasteiger partial charge in [-0.05, 0) is 38.2 Å². The average molecular weight is 320 g/mol. The van der Waals surface area contributed by atoms with Gasteiger partial charge < -0.3 is 10.6 Å². The number of hydrogen-bond donors (Lipinski definition) is 2. The van der Waals surface area contributed by atoms with E-state index in [2.05, 4.69) is 4.72 Å². The van der Waals surface area contributed by atoms with Crippen molar-refractivity contribution in [2.45, 2.75) is 24.8 Å². The molecule has 0 spiro atoms. The minimum Gasteiger partial charge on any atom is -0.399 e. The van der Waals surface area contributed by atoms with Crippen molar-refractivity contribution < 1.29 is 8.42 Å². The Kier molecular flexibility index (Phi) is 5.82. The molecule has 7 heteroatoms. The van der Waals surface area contributed by atoms with Gasteiger partial charge in [0.15, 0.2) is 0 Å². The number of hydrogen-bond acceptors (Lipinski definition) is 4. The van der Waals surface area contributed by atoms with Crippen LogP contribution in [-0.4, -0.2) is 40.0 Å². The molecule has 0 bridgehead atoms. The van der Waals surface area contributed by atoms with Crippen molar-refractivity contribution in [2.24, 2.45) is 5.92 Å². The molecular weight excluding hydrogens is 298 g/mol. The van der Waals surface area contributed by atoms with Crippen molar-refractivity contribution in [1.29, 1.82) is 0 Å². The summed E-state index contributed by atoms with van der Waals surface area (Å²) >= 11 is 5.96. The van der Waals surface area contributed by atoms with Gasteiger partial charge in [0.05, 0.1) is 5.02 Å². The van der Waals surface area contributed by atoms with Crippen molar-refractivity contribution in [3.05, 3.63) is 23.2 Å². The number of anilines is 1. The van der Waals surface area contributed by atoms with Crippen molar-refractivity contribution in [3.8, 4) is 0 Å². The molecule has 0 saturated carbocycles. The quantitative estimate of drug-likeness (QED) is 0.784. The van der Waals surface area contributed by atoms with E-state index < -0.39 is 10.0 Å². The van der Waals surface area contributed by atoms with Crippen molar-refractivity contribution in [3.63, 3.8) is 0 Å². The maximum atomic E-state index is 12.4. The Bertz CT molecular complexity index is 559. The summed E-state index contributed by atoms with van der Waals surface area (Å²) in [7, 11) is 0.108. The highest BCUT2D eigenvalue weighted by atomic mass is 35.5. The number of nitrogens with two attached hydrogens (primary N) is 1. The van der Waals surface area contributed by atoms with Gasteiger partial charge in [-0.3, -0.25) is 0 Å². The lowest BCUT2D eigenvalue weighted by atomic mass is 10.1. The summed E-state index contributed by atoms with van der Waals surface area (Å²) in [5.74, 6) is 0.159. The number of nitrogens with one attached hydrogen (secondary N) is 1. The van der Waals surface area contributed by atoms with Crippen LogP contribution in [0.5, 0.6) is 0 Å². The first kappa shape index (κ1) is 17.2. The van der Waals surface area contributed by atoms with E-state index in [-0.39, 0.29) is 21.9 Å². The predicted molar refractivity (Wildman–Crippen MR) is 83.4 cm³/mol. The smallest absolute Gasteiger partial charge is 0.242 e. The second-order valence-corrected chi connectivity index (χ2v) is 7.51. The Balaban J connectivity index is 3.06. The molecule has 1 aromatic rings. The van der Waals surface area contributed by atoms with Crippen LogP contribution in [-0.2, 0) is 10.0 Å². The molecule has 0 radical (unpaired) electrons. The van der Waals surface area contributed by atoms with E-state index in [1.54, 1.807) is 6.07 Å². The molecule has 0 fully saturated rings. The summed E-state index contributed by atoms with van der Waals surface area (Å²) < 4.78 is 27.6. The fourth-order valence-electron chi connectivity index (χ4n) is 1.77. The van der Waals surface area contributed by atoms with Crippen LogP contribution in [0.2, 0.25) is 5.02 Å². The third-order valence-electron chi connectivity index (χ3n) is 2.92. The maximum absolute atomic E-state index is 12.4. The minimum absolute atomic E-state index is 0.0172. The first-order valence-corrected chi connectivity index (χ1v) is 8.21. The van der Waals surface area contributed by atoms with Crippen LogP contribution in [0.4, 0.5) is 5.69 Å². The number of likely N-dealkylation sites (N-methyl/N-ethyl adjacent to an activating group) is 1. The van der Waals surface area contributed by atoms with Crippen molar-refractivity contribution >= 4 is 27.3 Å². The van der Waals surface area contributed by atoms with Crippen LogP contribution in [0.25, 0.3) is 0 Å². The molecule has 20 heavy (non-hydrogen) atoms. The topological polar surface area (TPSA) is 75.4 Å². The SMILES string of the molecule is CC(C)C(CN(C)C)NS(=O)(=O)c1cc(N)ccc1Cl. The van der Waals surface area contributed by atoms with Gasteiger partial charge in [-0.1, -0.05) is 25.4 Å². The molecular formula is C13H22ClN3O2S. The number of nitrogen functional groups attached to an aromatic ring is 1. The molecule has 0 aromatic heterocycles. The number of sulfonamides is 1. The Labute approximate surface area is 126 Å². The van der Waals surface area contributed by atoms with Gasteiger partial charge >= 0.3 is 0 Å². The van der Waals surface area contributed by atoms with E-state index >= 15 is 0 Å². The first-order chi connectivity index (χ1) is 9.13. The van der Waals surface area contributed by atoms with Gasteiger partial charge in [0.25, 0.3) is 0 Å². The van der Waals surface area contributed by atoms with E-state index in [9.17, 15) is 8.42 Å². The molecule has 0 amide bonds. The fraction of sp³-hybridized carbons (Fsp3) is 0.538. The van der Waals surface area contributed by atoms with Crippen molar-refractivity contribution in [2.75, 3.05) is 26.4 Å². The molecule has 0 saturated heterocycles. The molecule has 1 atom stereocenters. The zero-order valence-electron chi connectivity index (χ0n) is 12.2. The van der Waals surface area contributed by atoms with E-state index in [0.29, 0.717) is 12.2 Å². The Morgan fingerprint density at radius 2 is 1.95 bits per heavy atom. The molecule has 1 aromatic carbocycles. The Morgan fingerprint density at radius 1 is 1.35 bits per heavy atom. The summed E-state index contributed by atoms with van der Waals surface area (Å²) in [4.78, 5) is 1.96. The van der Waals surface area contributed by atoms with Crippen molar-refractivity contribution in [1.82, 2.24) is 9.62 Å². The molecule has 114 valence electrons.